The molecule has 174 valence electrons. The summed E-state index contributed by atoms with van der Waals surface area (Å²) in [6.07, 6.45) is 2.49. The lowest BCUT2D eigenvalue weighted by atomic mass is 10.1. The Bertz CT molecular complexity index is 755. The van der Waals surface area contributed by atoms with Crippen LogP contribution in [0.3, 0.4) is 0 Å². The number of aliphatic hydroxyl groups is 1. The van der Waals surface area contributed by atoms with Crippen molar-refractivity contribution in [3.63, 3.8) is 0 Å². The number of anilines is 1. The van der Waals surface area contributed by atoms with E-state index in [4.69, 9.17) is 0 Å². The average molecular weight is 547 g/mol. The van der Waals surface area contributed by atoms with Gasteiger partial charge in [0, 0.05) is 45.2 Å². The number of rotatable bonds is 6. The first-order valence-electron chi connectivity index (χ1n) is 11.0. The van der Waals surface area contributed by atoms with Gasteiger partial charge in [-0.1, -0.05) is 13.0 Å². The maximum atomic E-state index is 14.7. The van der Waals surface area contributed by atoms with Crippen molar-refractivity contribution in [1.29, 1.82) is 0 Å². The zero-order chi connectivity index (χ0) is 21.5. The van der Waals surface area contributed by atoms with Gasteiger partial charge in [-0.05, 0) is 43.9 Å². The van der Waals surface area contributed by atoms with Crippen LogP contribution in [0.15, 0.2) is 23.2 Å². The summed E-state index contributed by atoms with van der Waals surface area (Å²) in [6, 6.07) is 5.44. The van der Waals surface area contributed by atoms with Crippen LogP contribution >= 0.6 is 24.0 Å². The van der Waals surface area contributed by atoms with Crippen molar-refractivity contribution in [1.82, 2.24) is 15.5 Å². The molecule has 2 aliphatic heterocycles. The van der Waals surface area contributed by atoms with E-state index in [1.165, 1.54) is 0 Å². The molecule has 0 aliphatic carbocycles. The molecule has 31 heavy (non-hydrogen) atoms. The van der Waals surface area contributed by atoms with E-state index in [-0.39, 0.29) is 47.8 Å². The molecule has 2 saturated heterocycles. The number of aliphatic hydroxyl groups excluding tert-OH is 1. The molecule has 1 aromatic carbocycles. The van der Waals surface area contributed by atoms with E-state index in [0.717, 1.165) is 25.1 Å². The molecular formula is C22H35FIN5O2. The Kier molecular flexibility index (Phi) is 10.3. The largest absolute Gasteiger partial charge is 0.393 e. The van der Waals surface area contributed by atoms with Crippen molar-refractivity contribution in [3.05, 3.63) is 29.6 Å². The van der Waals surface area contributed by atoms with Crippen LogP contribution in [-0.4, -0.2) is 66.7 Å². The fourth-order valence-electron chi connectivity index (χ4n) is 4.02. The Morgan fingerprint density at radius 3 is 2.61 bits per heavy atom. The Hall–Kier alpha value is -1.62. The quantitative estimate of drug-likeness (QED) is 0.290. The van der Waals surface area contributed by atoms with Gasteiger partial charge in [-0.15, -0.1) is 24.0 Å². The predicted octanol–water partition coefficient (Wildman–Crippen LogP) is 2.47. The number of amides is 1. The summed E-state index contributed by atoms with van der Waals surface area (Å²) in [4.78, 5) is 20.4. The van der Waals surface area contributed by atoms with E-state index in [9.17, 15) is 14.3 Å². The average Bonchev–Trinajstić information content (AvgIpc) is 3.21. The summed E-state index contributed by atoms with van der Waals surface area (Å²) in [6.45, 7) is 7.77. The van der Waals surface area contributed by atoms with Crippen LogP contribution in [0, 0.1) is 5.82 Å². The second kappa shape index (κ2) is 12.4. The highest BCUT2D eigenvalue weighted by molar-refractivity contribution is 14.0. The first-order valence-corrected chi connectivity index (χ1v) is 11.0. The van der Waals surface area contributed by atoms with Gasteiger partial charge in [0.1, 0.15) is 5.82 Å². The zero-order valence-electron chi connectivity index (χ0n) is 18.4. The molecule has 2 fully saturated rings. The Morgan fingerprint density at radius 1 is 1.23 bits per heavy atom. The van der Waals surface area contributed by atoms with Crippen LogP contribution in [0.4, 0.5) is 10.1 Å². The number of benzene rings is 1. The number of aliphatic imine (C=N–C) groups is 1. The van der Waals surface area contributed by atoms with Crippen LogP contribution in [0.2, 0.25) is 0 Å². The van der Waals surface area contributed by atoms with Gasteiger partial charge in [0.15, 0.2) is 5.96 Å². The highest BCUT2D eigenvalue weighted by Crippen LogP contribution is 2.24. The molecule has 3 rings (SSSR count). The fourth-order valence-corrected chi connectivity index (χ4v) is 4.02. The molecular weight excluding hydrogens is 512 g/mol. The molecule has 1 aromatic rings. The van der Waals surface area contributed by atoms with Gasteiger partial charge in [-0.25, -0.2) is 9.38 Å². The number of carbonyl (C=O) groups excluding carboxylic acids is 1. The molecule has 3 N–H and O–H groups in total. The van der Waals surface area contributed by atoms with E-state index in [1.54, 1.807) is 6.07 Å². The van der Waals surface area contributed by atoms with Gasteiger partial charge in [-0.2, -0.15) is 0 Å². The molecule has 0 spiro atoms. The van der Waals surface area contributed by atoms with E-state index in [1.807, 2.05) is 35.8 Å². The fraction of sp³-hybridized carbons (Fsp3) is 0.636. The number of hydrogen-bond donors (Lipinski definition) is 3. The second-order valence-corrected chi connectivity index (χ2v) is 8.02. The molecule has 0 bridgehead atoms. The van der Waals surface area contributed by atoms with Crippen LogP contribution < -0.4 is 15.5 Å². The molecule has 9 heteroatoms. The molecule has 2 aliphatic rings. The van der Waals surface area contributed by atoms with Gasteiger partial charge in [0.2, 0.25) is 5.91 Å². The minimum atomic E-state index is -0.276. The lowest BCUT2D eigenvalue weighted by Gasteiger charge is -2.31. The number of hydrogen-bond acceptors (Lipinski definition) is 4. The number of nitrogens with zero attached hydrogens (tertiary/aromatic N) is 3. The van der Waals surface area contributed by atoms with Crippen LogP contribution in [0.25, 0.3) is 0 Å². The highest BCUT2D eigenvalue weighted by atomic mass is 127. The van der Waals surface area contributed by atoms with Crippen LogP contribution in [0.5, 0.6) is 0 Å². The van der Waals surface area contributed by atoms with E-state index in [2.05, 4.69) is 15.6 Å². The van der Waals surface area contributed by atoms with Crippen molar-refractivity contribution in [2.24, 2.45) is 4.99 Å². The van der Waals surface area contributed by atoms with E-state index < -0.39 is 0 Å². The van der Waals surface area contributed by atoms with Gasteiger partial charge < -0.3 is 25.5 Å². The number of piperidine rings is 1. The lowest BCUT2D eigenvalue weighted by Crippen LogP contribution is -2.45. The number of guanidine groups is 1. The molecule has 7 nitrogen and oxygen atoms in total. The Balaban J connectivity index is 0.00000341. The molecule has 1 unspecified atom stereocenters. The summed E-state index contributed by atoms with van der Waals surface area (Å²) in [5.41, 5.74) is 1.39. The maximum Gasteiger partial charge on any atom is 0.222 e. The summed E-state index contributed by atoms with van der Waals surface area (Å²) in [7, 11) is 0. The number of carbonyl (C=O) groups is 1. The Labute approximate surface area is 201 Å². The zero-order valence-corrected chi connectivity index (χ0v) is 20.8. The van der Waals surface area contributed by atoms with Crippen molar-refractivity contribution in [2.75, 3.05) is 37.6 Å². The standard InChI is InChI=1S/C22H34FN5O2.HI/c1-3-21(30)28-10-7-17(15-28)26-22(24-4-2)25-14-16-5-6-20(19(23)13-16)27-11-8-18(29)9-12-27;/h5-6,13,17-18,29H,3-4,7-12,14-15H2,1-2H3,(H2,24,25,26);1H. The van der Waals surface area contributed by atoms with E-state index >= 15 is 0 Å². The van der Waals surface area contributed by atoms with Crippen molar-refractivity contribution < 1.29 is 14.3 Å². The Morgan fingerprint density at radius 2 is 1.97 bits per heavy atom. The molecule has 1 amide bonds. The SMILES string of the molecule is CCNC(=NCc1ccc(N2CCC(O)CC2)c(F)c1)NC1CCN(C(=O)CC)C1.I. The van der Waals surface area contributed by atoms with Crippen LogP contribution in [-0.2, 0) is 11.3 Å². The third-order valence-corrected chi connectivity index (χ3v) is 5.77. The monoisotopic (exact) mass is 547 g/mol. The molecule has 2 heterocycles. The molecule has 0 saturated carbocycles. The second-order valence-electron chi connectivity index (χ2n) is 8.02. The van der Waals surface area contributed by atoms with Crippen molar-refractivity contribution in [3.8, 4) is 0 Å². The number of likely N-dealkylation sites (tertiary alicyclic amines) is 1. The van der Waals surface area contributed by atoms with Crippen LogP contribution in [0.1, 0.15) is 45.1 Å². The smallest absolute Gasteiger partial charge is 0.222 e. The molecule has 0 radical (unpaired) electrons. The summed E-state index contributed by atoms with van der Waals surface area (Å²) in [5.74, 6) is 0.615. The minimum absolute atomic E-state index is 0. The lowest BCUT2D eigenvalue weighted by molar-refractivity contribution is -0.129. The molecule has 1 atom stereocenters. The third-order valence-electron chi connectivity index (χ3n) is 5.77. The summed E-state index contributed by atoms with van der Waals surface area (Å²) in [5, 5.41) is 16.3. The topological polar surface area (TPSA) is 80.2 Å². The summed E-state index contributed by atoms with van der Waals surface area (Å²) >= 11 is 0. The van der Waals surface area contributed by atoms with E-state index in [0.29, 0.717) is 57.1 Å². The van der Waals surface area contributed by atoms with Crippen molar-refractivity contribution >= 4 is 41.5 Å². The van der Waals surface area contributed by atoms with Gasteiger partial charge >= 0.3 is 0 Å². The van der Waals surface area contributed by atoms with Gasteiger partial charge in [0.25, 0.3) is 0 Å². The number of nitrogens with one attached hydrogen (secondary N) is 2. The number of halogens is 2. The molecule has 0 aromatic heterocycles. The van der Waals surface area contributed by atoms with Crippen molar-refractivity contribution in [2.45, 2.75) is 58.2 Å². The maximum absolute atomic E-state index is 14.7. The minimum Gasteiger partial charge on any atom is -0.393 e. The third kappa shape index (κ3) is 7.20. The first kappa shape index (κ1) is 25.6. The van der Waals surface area contributed by atoms with Gasteiger partial charge in [-0.3, -0.25) is 4.79 Å². The highest BCUT2D eigenvalue weighted by Gasteiger charge is 2.25. The predicted molar refractivity (Wildman–Crippen MR) is 132 cm³/mol. The normalized spacial score (nSPS) is 19.9. The summed E-state index contributed by atoms with van der Waals surface area (Å²) < 4.78 is 14.7. The first-order chi connectivity index (χ1) is 14.5. The van der Waals surface area contributed by atoms with Gasteiger partial charge in [0.05, 0.1) is 18.3 Å².